The Morgan fingerprint density at radius 3 is 2.63 bits per heavy atom. The summed E-state index contributed by atoms with van der Waals surface area (Å²) in [6.07, 6.45) is 2.30. The van der Waals surface area contributed by atoms with Crippen molar-refractivity contribution in [2.75, 3.05) is 30.3 Å². The lowest BCUT2D eigenvalue weighted by Gasteiger charge is -2.24. The van der Waals surface area contributed by atoms with Gasteiger partial charge < -0.3 is 16.0 Å². The lowest BCUT2D eigenvalue weighted by molar-refractivity contribution is 0.478. The van der Waals surface area contributed by atoms with Gasteiger partial charge in [0.25, 0.3) is 0 Å². The van der Waals surface area contributed by atoms with Gasteiger partial charge in [0.1, 0.15) is 17.5 Å². The Labute approximate surface area is 115 Å². The van der Waals surface area contributed by atoms with Crippen molar-refractivity contribution in [1.82, 2.24) is 15.3 Å². The second-order valence-electron chi connectivity index (χ2n) is 5.63. The van der Waals surface area contributed by atoms with Crippen molar-refractivity contribution < 1.29 is 0 Å². The van der Waals surface area contributed by atoms with E-state index in [0.717, 1.165) is 49.9 Å². The summed E-state index contributed by atoms with van der Waals surface area (Å²) in [5.74, 6) is 3.27. The average molecular weight is 263 g/mol. The van der Waals surface area contributed by atoms with Gasteiger partial charge in [0, 0.05) is 18.7 Å². The van der Waals surface area contributed by atoms with Crippen LogP contribution in [-0.2, 0) is 0 Å². The molecule has 0 saturated carbocycles. The van der Waals surface area contributed by atoms with Gasteiger partial charge in [-0.05, 0) is 38.8 Å². The second kappa shape index (κ2) is 6.70. The Hall–Kier alpha value is -1.36. The van der Waals surface area contributed by atoms with Crippen molar-refractivity contribution in [2.24, 2.45) is 5.92 Å². The molecule has 0 spiro atoms. The molecule has 0 bridgehead atoms. The van der Waals surface area contributed by atoms with E-state index in [4.69, 9.17) is 0 Å². The first-order valence-electron chi connectivity index (χ1n) is 7.20. The van der Waals surface area contributed by atoms with E-state index in [1.165, 1.54) is 0 Å². The van der Waals surface area contributed by atoms with Crippen LogP contribution in [-0.4, -0.2) is 35.6 Å². The first kappa shape index (κ1) is 14.1. The summed E-state index contributed by atoms with van der Waals surface area (Å²) in [7, 11) is 0. The molecule has 0 unspecified atom stereocenters. The first-order valence-corrected chi connectivity index (χ1v) is 7.20. The smallest absolute Gasteiger partial charge is 0.132 e. The number of piperidine rings is 1. The Balaban J connectivity index is 1.99. The molecular weight excluding hydrogens is 238 g/mol. The van der Waals surface area contributed by atoms with Crippen LogP contribution in [0.2, 0.25) is 0 Å². The van der Waals surface area contributed by atoms with Crippen molar-refractivity contribution in [3.8, 4) is 0 Å². The molecule has 106 valence electrons. The molecule has 2 rings (SSSR count). The van der Waals surface area contributed by atoms with Gasteiger partial charge in [0.05, 0.1) is 0 Å². The molecule has 0 aliphatic carbocycles. The third-order valence-corrected chi connectivity index (χ3v) is 3.22. The zero-order chi connectivity index (χ0) is 13.7. The highest BCUT2D eigenvalue weighted by Gasteiger charge is 2.13. The molecule has 1 aliphatic heterocycles. The van der Waals surface area contributed by atoms with Crippen LogP contribution in [0.5, 0.6) is 0 Å². The third-order valence-electron chi connectivity index (χ3n) is 3.22. The minimum Gasteiger partial charge on any atom is -0.370 e. The maximum absolute atomic E-state index is 4.47. The minimum atomic E-state index is 0.522. The molecule has 0 radical (unpaired) electrons. The van der Waals surface area contributed by atoms with Crippen LogP contribution in [0, 0.1) is 12.8 Å². The summed E-state index contributed by atoms with van der Waals surface area (Å²) in [6, 6.07) is 2.53. The number of anilines is 2. The van der Waals surface area contributed by atoms with E-state index in [2.05, 4.69) is 39.8 Å². The summed E-state index contributed by atoms with van der Waals surface area (Å²) < 4.78 is 0. The average Bonchev–Trinajstić information content (AvgIpc) is 2.37. The fraction of sp³-hybridized carbons (Fsp3) is 0.714. The predicted octanol–water partition coefficient (Wildman–Crippen LogP) is 2.02. The highest BCUT2D eigenvalue weighted by Crippen LogP contribution is 2.15. The van der Waals surface area contributed by atoms with Gasteiger partial charge >= 0.3 is 0 Å². The summed E-state index contributed by atoms with van der Waals surface area (Å²) in [5.41, 5.74) is 0. The molecule has 1 saturated heterocycles. The zero-order valence-corrected chi connectivity index (χ0v) is 12.2. The standard InChI is InChI=1S/C14H25N5/c1-10(2)9-16-13-8-14(18-11(3)17-13)19-12-4-6-15-7-5-12/h8,10,12,15H,4-7,9H2,1-3H3,(H2,16,17,18,19). The molecule has 0 amide bonds. The molecular formula is C14H25N5. The number of nitrogens with one attached hydrogen (secondary N) is 3. The van der Waals surface area contributed by atoms with Crippen molar-refractivity contribution in [2.45, 2.75) is 39.7 Å². The molecule has 5 heteroatoms. The molecule has 1 fully saturated rings. The Bertz CT molecular complexity index is 399. The maximum Gasteiger partial charge on any atom is 0.132 e. The molecule has 0 aromatic carbocycles. The summed E-state index contributed by atoms with van der Waals surface area (Å²) in [6.45, 7) is 9.42. The Kier molecular flexibility index (Phi) is 4.96. The number of aryl methyl sites for hydroxylation is 1. The van der Waals surface area contributed by atoms with Gasteiger partial charge in [-0.3, -0.25) is 0 Å². The van der Waals surface area contributed by atoms with Gasteiger partial charge in [-0.25, -0.2) is 9.97 Å². The van der Waals surface area contributed by atoms with Crippen LogP contribution in [0.3, 0.4) is 0 Å². The number of hydrogen-bond donors (Lipinski definition) is 3. The van der Waals surface area contributed by atoms with Gasteiger partial charge in [0.15, 0.2) is 0 Å². The van der Waals surface area contributed by atoms with Crippen LogP contribution < -0.4 is 16.0 Å². The molecule has 1 aromatic rings. The van der Waals surface area contributed by atoms with Crippen LogP contribution in [0.15, 0.2) is 6.07 Å². The maximum atomic E-state index is 4.47. The topological polar surface area (TPSA) is 61.9 Å². The van der Waals surface area contributed by atoms with E-state index in [1.54, 1.807) is 0 Å². The van der Waals surface area contributed by atoms with E-state index in [9.17, 15) is 0 Å². The van der Waals surface area contributed by atoms with E-state index in [1.807, 2.05) is 13.0 Å². The predicted molar refractivity (Wildman–Crippen MR) is 79.6 cm³/mol. The second-order valence-corrected chi connectivity index (χ2v) is 5.63. The lowest BCUT2D eigenvalue weighted by atomic mass is 10.1. The minimum absolute atomic E-state index is 0.522. The van der Waals surface area contributed by atoms with Crippen molar-refractivity contribution in [1.29, 1.82) is 0 Å². The fourth-order valence-electron chi connectivity index (χ4n) is 2.22. The van der Waals surface area contributed by atoms with Gasteiger partial charge in [-0.2, -0.15) is 0 Å². The Morgan fingerprint density at radius 1 is 1.26 bits per heavy atom. The van der Waals surface area contributed by atoms with Gasteiger partial charge in [0.2, 0.25) is 0 Å². The van der Waals surface area contributed by atoms with E-state index >= 15 is 0 Å². The number of aromatic nitrogens is 2. The molecule has 0 atom stereocenters. The molecule has 3 N–H and O–H groups in total. The first-order chi connectivity index (χ1) is 9.13. The number of hydrogen-bond acceptors (Lipinski definition) is 5. The zero-order valence-electron chi connectivity index (χ0n) is 12.2. The summed E-state index contributed by atoms with van der Waals surface area (Å²) >= 11 is 0. The Morgan fingerprint density at radius 2 is 1.95 bits per heavy atom. The monoisotopic (exact) mass is 263 g/mol. The number of rotatable bonds is 5. The molecule has 2 heterocycles. The van der Waals surface area contributed by atoms with Crippen LogP contribution in [0.1, 0.15) is 32.5 Å². The normalized spacial score (nSPS) is 16.6. The summed E-state index contributed by atoms with van der Waals surface area (Å²) in [4.78, 5) is 8.90. The molecule has 5 nitrogen and oxygen atoms in total. The largest absolute Gasteiger partial charge is 0.370 e. The quantitative estimate of drug-likeness (QED) is 0.758. The number of nitrogens with zero attached hydrogens (tertiary/aromatic N) is 2. The van der Waals surface area contributed by atoms with Crippen LogP contribution in [0.25, 0.3) is 0 Å². The van der Waals surface area contributed by atoms with E-state index < -0.39 is 0 Å². The summed E-state index contributed by atoms with van der Waals surface area (Å²) in [5, 5.41) is 10.2. The van der Waals surface area contributed by atoms with Crippen molar-refractivity contribution in [3.63, 3.8) is 0 Å². The molecule has 19 heavy (non-hydrogen) atoms. The van der Waals surface area contributed by atoms with E-state index in [0.29, 0.717) is 12.0 Å². The third kappa shape index (κ3) is 4.67. The van der Waals surface area contributed by atoms with Crippen molar-refractivity contribution in [3.05, 3.63) is 11.9 Å². The van der Waals surface area contributed by atoms with E-state index in [-0.39, 0.29) is 0 Å². The highest BCUT2D eigenvalue weighted by molar-refractivity contribution is 5.48. The highest BCUT2D eigenvalue weighted by atomic mass is 15.1. The lowest BCUT2D eigenvalue weighted by Crippen LogP contribution is -2.35. The SMILES string of the molecule is Cc1nc(NCC(C)C)cc(NC2CCNCC2)n1. The van der Waals surface area contributed by atoms with Gasteiger partial charge in [-0.1, -0.05) is 13.8 Å². The molecule has 1 aromatic heterocycles. The molecule has 1 aliphatic rings. The van der Waals surface area contributed by atoms with Crippen LogP contribution in [0.4, 0.5) is 11.6 Å². The van der Waals surface area contributed by atoms with Gasteiger partial charge in [-0.15, -0.1) is 0 Å². The van der Waals surface area contributed by atoms with Crippen LogP contribution >= 0.6 is 0 Å². The van der Waals surface area contributed by atoms with Crippen molar-refractivity contribution >= 4 is 11.6 Å². The fourth-order valence-corrected chi connectivity index (χ4v) is 2.22.